The summed E-state index contributed by atoms with van der Waals surface area (Å²) < 4.78 is 18.3. The highest BCUT2D eigenvalue weighted by Gasteiger charge is 2.26. The van der Waals surface area contributed by atoms with E-state index in [0.29, 0.717) is 25.3 Å². The first-order chi connectivity index (χ1) is 14.5. The van der Waals surface area contributed by atoms with Crippen LogP contribution in [0.5, 0.6) is 5.75 Å². The molecular formula is C22H29FN4O3+2. The summed E-state index contributed by atoms with van der Waals surface area (Å²) in [5, 5.41) is 5.69. The number of carbonyl (C=O) groups excluding carboxylic acids is 2. The van der Waals surface area contributed by atoms with Crippen LogP contribution in [0.2, 0.25) is 0 Å². The van der Waals surface area contributed by atoms with Crippen molar-refractivity contribution in [2.24, 2.45) is 0 Å². The first-order valence-electron chi connectivity index (χ1n) is 10.1. The van der Waals surface area contributed by atoms with Crippen LogP contribution in [0.15, 0.2) is 48.5 Å². The van der Waals surface area contributed by atoms with Crippen LogP contribution in [0.3, 0.4) is 0 Å². The second kappa shape index (κ2) is 10.7. The number of carbonyl (C=O) groups is 2. The normalized spacial score (nSPS) is 18.5. The molecule has 1 heterocycles. The van der Waals surface area contributed by atoms with Crippen molar-refractivity contribution in [3.63, 3.8) is 0 Å². The van der Waals surface area contributed by atoms with E-state index in [-0.39, 0.29) is 17.6 Å². The molecule has 0 bridgehead atoms. The monoisotopic (exact) mass is 416 g/mol. The van der Waals surface area contributed by atoms with Gasteiger partial charge in [-0.05, 0) is 35.9 Å². The van der Waals surface area contributed by atoms with Crippen molar-refractivity contribution in [3.05, 3.63) is 59.9 Å². The number of nitrogens with one attached hydrogen (secondary N) is 4. The number of hydrogen-bond acceptors (Lipinski definition) is 3. The highest BCUT2D eigenvalue weighted by Crippen LogP contribution is 2.11. The number of rotatable bonds is 8. The SMILES string of the molecule is COc1ccc(CNC(=O)C[NH+]2CC[NH+](CC(=O)Nc3cccc(F)c3)CC2)cc1. The third kappa shape index (κ3) is 6.82. The van der Waals surface area contributed by atoms with Gasteiger partial charge in [0.15, 0.2) is 13.1 Å². The van der Waals surface area contributed by atoms with E-state index in [1.165, 1.54) is 21.9 Å². The topological polar surface area (TPSA) is 76.3 Å². The zero-order valence-electron chi connectivity index (χ0n) is 17.2. The zero-order chi connectivity index (χ0) is 21.3. The largest absolute Gasteiger partial charge is 0.497 e. The van der Waals surface area contributed by atoms with Crippen LogP contribution in [0, 0.1) is 5.82 Å². The third-order valence-electron chi connectivity index (χ3n) is 5.24. The van der Waals surface area contributed by atoms with Crippen molar-refractivity contribution in [2.75, 3.05) is 51.7 Å². The van der Waals surface area contributed by atoms with Crippen LogP contribution < -0.4 is 25.2 Å². The van der Waals surface area contributed by atoms with Crippen LogP contribution in [0.4, 0.5) is 10.1 Å². The highest BCUT2D eigenvalue weighted by atomic mass is 19.1. The van der Waals surface area contributed by atoms with E-state index >= 15 is 0 Å². The molecule has 0 spiro atoms. The average molecular weight is 416 g/mol. The van der Waals surface area contributed by atoms with Crippen molar-refractivity contribution in [1.29, 1.82) is 0 Å². The predicted molar refractivity (Wildman–Crippen MR) is 111 cm³/mol. The van der Waals surface area contributed by atoms with Gasteiger partial charge in [0, 0.05) is 12.2 Å². The Morgan fingerprint density at radius 1 is 0.967 bits per heavy atom. The maximum atomic E-state index is 13.2. The first-order valence-corrected chi connectivity index (χ1v) is 10.1. The Hall–Kier alpha value is -2.97. The Kier molecular flexibility index (Phi) is 7.75. The highest BCUT2D eigenvalue weighted by molar-refractivity contribution is 5.91. The number of anilines is 1. The van der Waals surface area contributed by atoms with Crippen molar-refractivity contribution in [1.82, 2.24) is 5.32 Å². The van der Waals surface area contributed by atoms with E-state index < -0.39 is 0 Å². The van der Waals surface area contributed by atoms with Gasteiger partial charge >= 0.3 is 0 Å². The molecule has 0 aromatic heterocycles. The maximum absolute atomic E-state index is 13.2. The molecule has 8 heteroatoms. The van der Waals surface area contributed by atoms with Gasteiger partial charge in [0.05, 0.1) is 7.11 Å². The minimum atomic E-state index is -0.373. The maximum Gasteiger partial charge on any atom is 0.279 e. The summed E-state index contributed by atoms with van der Waals surface area (Å²) in [6.07, 6.45) is 0. The Morgan fingerprint density at radius 2 is 1.60 bits per heavy atom. The Labute approximate surface area is 175 Å². The van der Waals surface area contributed by atoms with Gasteiger partial charge in [0.1, 0.15) is 37.7 Å². The molecular weight excluding hydrogens is 387 g/mol. The Morgan fingerprint density at radius 3 is 2.20 bits per heavy atom. The molecule has 1 saturated heterocycles. The average Bonchev–Trinajstić information content (AvgIpc) is 2.74. The predicted octanol–water partition coefficient (Wildman–Crippen LogP) is -1.13. The number of quaternary nitrogens is 2. The van der Waals surface area contributed by atoms with Gasteiger partial charge in [0.25, 0.3) is 11.8 Å². The van der Waals surface area contributed by atoms with E-state index in [0.717, 1.165) is 37.5 Å². The summed E-state index contributed by atoms with van der Waals surface area (Å²) in [5.41, 5.74) is 1.50. The standard InChI is InChI=1S/C22H27FN4O3/c1-30-20-7-5-17(6-8-20)14-24-21(28)15-26-9-11-27(12-10-26)16-22(29)25-19-4-2-3-18(23)13-19/h2-8,13H,9-12,14-16H2,1H3,(H,24,28)(H,25,29)/p+2. The molecule has 2 amide bonds. The van der Waals surface area contributed by atoms with Crippen LogP contribution in [0.1, 0.15) is 5.56 Å². The number of hydrogen-bond donors (Lipinski definition) is 4. The first kappa shape index (κ1) is 21.7. The van der Waals surface area contributed by atoms with Crippen molar-refractivity contribution < 1.29 is 28.5 Å². The van der Waals surface area contributed by atoms with Gasteiger partial charge < -0.3 is 25.2 Å². The van der Waals surface area contributed by atoms with Crippen LogP contribution in [0.25, 0.3) is 0 Å². The van der Waals surface area contributed by atoms with E-state index in [2.05, 4.69) is 10.6 Å². The molecule has 0 radical (unpaired) electrons. The fourth-order valence-corrected chi connectivity index (χ4v) is 3.54. The molecule has 1 aliphatic heterocycles. The number of halogens is 1. The molecule has 1 fully saturated rings. The number of methoxy groups -OCH3 is 1. The van der Waals surface area contributed by atoms with Gasteiger partial charge in [-0.25, -0.2) is 4.39 Å². The lowest BCUT2D eigenvalue weighted by Crippen LogP contribution is -3.28. The van der Waals surface area contributed by atoms with Gasteiger partial charge in [-0.15, -0.1) is 0 Å². The van der Waals surface area contributed by atoms with E-state index in [1.54, 1.807) is 19.2 Å². The lowest BCUT2D eigenvalue weighted by molar-refractivity contribution is -1.00. The molecule has 1 aliphatic rings. The Balaban J connectivity index is 1.34. The lowest BCUT2D eigenvalue weighted by Gasteiger charge is -2.29. The Bertz CT molecular complexity index is 852. The second-order valence-electron chi connectivity index (χ2n) is 7.54. The van der Waals surface area contributed by atoms with Gasteiger partial charge in [-0.2, -0.15) is 0 Å². The molecule has 0 unspecified atom stereocenters. The lowest BCUT2D eigenvalue weighted by atomic mass is 10.2. The minimum absolute atomic E-state index is 0.0214. The summed E-state index contributed by atoms with van der Waals surface area (Å²) >= 11 is 0. The summed E-state index contributed by atoms with van der Waals surface area (Å²) in [5.74, 6) is 0.312. The van der Waals surface area contributed by atoms with E-state index in [1.807, 2.05) is 24.3 Å². The minimum Gasteiger partial charge on any atom is -0.497 e. The second-order valence-corrected chi connectivity index (χ2v) is 7.54. The van der Waals surface area contributed by atoms with Gasteiger partial charge in [-0.3, -0.25) is 9.59 Å². The molecule has 3 rings (SSSR count). The molecule has 0 atom stereocenters. The van der Waals surface area contributed by atoms with E-state index in [9.17, 15) is 14.0 Å². The number of ether oxygens (including phenoxy) is 1. The summed E-state index contributed by atoms with van der Waals surface area (Å²) in [6.45, 7) is 4.56. The van der Waals surface area contributed by atoms with Gasteiger partial charge in [0.2, 0.25) is 0 Å². The fraction of sp³-hybridized carbons (Fsp3) is 0.364. The third-order valence-corrected chi connectivity index (χ3v) is 5.24. The van der Waals surface area contributed by atoms with Crippen molar-refractivity contribution in [3.8, 4) is 5.75 Å². The number of piperazine rings is 1. The molecule has 4 N–H and O–H groups in total. The molecule has 30 heavy (non-hydrogen) atoms. The summed E-state index contributed by atoms with van der Waals surface area (Å²) in [6, 6.07) is 13.5. The molecule has 2 aromatic rings. The van der Waals surface area contributed by atoms with E-state index in [4.69, 9.17) is 4.74 Å². The van der Waals surface area contributed by atoms with Gasteiger partial charge in [-0.1, -0.05) is 18.2 Å². The van der Waals surface area contributed by atoms with Crippen molar-refractivity contribution in [2.45, 2.75) is 6.54 Å². The summed E-state index contributed by atoms with van der Waals surface area (Å²) in [4.78, 5) is 26.8. The molecule has 0 saturated carbocycles. The molecule has 2 aromatic carbocycles. The molecule has 7 nitrogen and oxygen atoms in total. The van der Waals surface area contributed by atoms with Crippen molar-refractivity contribution >= 4 is 17.5 Å². The molecule has 160 valence electrons. The van der Waals surface area contributed by atoms with Crippen LogP contribution in [-0.4, -0.2) is 58.2 Å². The fourth-order valence-electron chi connectivity index (χ4n) is 3.54. The smallest absolute Gasteiger partial charge is 0.279 e. The zero-order valence-corrected chi connectivity index (χ0v) is 17.2. The van der Waals surface area contributed by atoms with Crippen LogP contribution >= 0.6 is 0 Å². The quantitative estimate of drug-likeness (QED) is 0.440. The number of amides is 2. The summed E-state index contributed by atoms with van der Waals surface area (Å²) in [7, 11) is 1.62. The van der Waals surface area contributed by atoms with Crippen LogP contribution in [-0.2, 0) is 16.1 Å². The molecule has 0 aliphatic carbocycles. The number of benzene rings is 2.